The number of aromatic nitrogens is 2. The fourth-order valence-corrected chi connectivity index (χ4v) is 3.40. The van der Waals surface area contributed by atoms with E-state index in [-0.39, 0.29) is 12.5 Å². The molecule has 7 heteroatoms. The van der Waals surface area contributed by atoms with Gasteiger partial charge < -0.3 is 14.6 Å². The zero-order chi connectivity index (χ0) is 21.6. The number of methoxy groups -OCH3 is 1. The van der Waals surface area contributed by atoms with E-state index >= 15 is 0 Å². The summed E-state index contributed by atoms with van der Waals surface area (Å²) in [4.78, 5) is 15.7. The number of benzene rings is 3. The maximum absolute atomic E-state index is 11.2. The molecule has 0 bridgehead atoms. The molecule has 0 spiro atoms. The van der Waals surface area contributed by atoms with Crippen LogP contribution in [-0.4, -0.2) is 29.8 Å². The van der Waals surface area contributed by atoms with Crippen LogP contribution in [0.15, 0.2) is 77.3 Å². The van der Waals surface area contributed by atoms with Crippen molar-refractivity contribution in [1.29, 1.82) is 0 Å². The Morgan fingerprint density at radius 3 is 2.42 bits per heavy atom. The zero-order valence-corrected chi connectivity index (χ0v) is 17.6. The highest BCUT2D eigenvalue weighted by Gasteiger charge is 2.14. The van der Waals surface area contributed by atoms with Crippen LogP contribution in [-0.2, 0) is 16.1 Å². The highest BCUT2D eigenvalue weighted by Crippen LogP contribution is 2.29. The first kappa shape index (κ1) is 20.8. The summed E-state index contributed by atoms with van der Waals surface area (Å²) in [5.41, 5.74) is 4.70. The first-order valence-electron chi connectivity index (χ1n) is 9.70. The number of halogens is 1. The third kappa shape index (κ3) is 4.99. The van der Waals surface area contributed by atoms with Gasteiger partial charge in [-0.1, -0.05) is 65.3 Å². The molecule has 0 amide bonds. The molecular weight excluding hydrogens is 414 g/mol. The molecule has 1 aromatic heterocycles. The van der Waals surface area contributed by atoms with Gasteiger partial charge in [0.15, 0.2) is 0 Å². The molecule has 0 atom stereocenters. The first-order valence-corrected chi connectivity index (χ1v) is 10.1. The van der Waals surface area contributed by atoms with E-state index in [1.165, 1.54) is 7.11 Å². The van der Waals surface area contributed by atoms with Crippen LogP contribution in [0.5, 0.6) is 0 Å². The third-order valence-electron chi connectivity index (χ3n) is 4.77. The van der Waals surface area contributed by atoms with Crippen LogP contribution in [0.4, 0.5) is 0 Å². The van der Waals surface area contributed by atoms with Crippen molar-refractivity contribution in [3.8, 4) is 34.0 Å². The molecule has 0 aliphatic heterocycles. The van der Waals surface area contributed by atoms with Gasteiger partial charge in [0, 0.05) is 17.7 Å². The number of nitrogens with one attached hydrogen (secondary N) is 1. The van der Waals surface area contributed by atoms with Gasteiger partial charge >= 0.3 is 5.97 Å². The number of nitrogens with zero attached hydrogens (tertiary/aromatic N) is 2. The smallest absolute Gasteiger partial charge is 0.319 e. The molecule has 1 N–H and O–H groups in total. The Labute approximate surface area is 184 Å². The fourth-order valence-electron chi connectivity index (χ4n) is 3.12. The second kappa shape index (κ2) is 9.55. The molecule has 4 rings (SSSR count). The minimum atomic E-state index is -0.321. The molecular formula is C24H20ClN3O3. The quantitative estimate of drug-likeness (QED) is 0.414. The van der Waals surface area contributed by atoms with Crippen LogP contribution < -0.4 is 5.32 Å². The average Bonchev–Trinajstić information content (AvgIpc) is 3.30. The van der Waals surface area contributed by atoms with Crippen molar-refractivity contribution in [3.05, 3.63) is 83.4 Å². The van der Waals surface area contributed by atoms with E-state index in [0.29, 0.717) is 28.8 Å². The van der Waals surface area contributed by atoms with Gasteiger partial charge in [-0.25, -0.2) is 0 Å². The Morgan fingerprint density at radius 1 is 1.00 bits per heavy atom. The molecule has 0 unspecified atom stereocenters. The number of esters is 1. The van der Waals surface area contributed by atoms with Crippen molar-refractivity contribution in [2.75, 3.05) is 13.7 Å². The molecule has 3 aromatic carbocycles. The Hall–Kier alpha value is -3.48. The van der Waals surface area contributed by atoms with Gasteiger partial charge in [-0.3, -0.25) is 4.79 Å². The highest BCUT2D eigenvalue weighted by atomic mass is 35.5. The van der Waals surface area contributed by atoms with E-state index in [4.69, 9.17) is 16.1 Å². The maximum atomic E-state index is 11.2. The van der Waals surface area contributed by atoms with Crippen LogP contribution in [0.25, 0.3) is 34.0 Å². The lowest BCUT2D eigenvalue weighted by atomic mass is 10.0. The van der Waals surface area contributed by atoms with Gasteiger partial charge in [-0.15, -0.1) is 0 Å². The van der Waals surface area contributed by atoms with Crippen LogP contribution in [0, 0.1) is 0 Å². The summed E-state index contributed by atoms with van der Waals surface area (Å²) in [7, 11) is 1.35. The monoisotopic (exact) mass is 433 g/mol. The molecule has 0 radical (unpaired) electrons. The lowest BCUT2D eigenvalue weighted by Crippen LogP contribution is -2.23. The van der Waals surface area contributed by atoms with Crippen LogP contribution in [0.1, 0.15) is 5.56 Å². The largest absolute Gasteiger partial charge is 0.468 e. The topological polar surface area (TPSA) is 77.2 Å². The van der Waals surface area contributed by atoms with Crippen LogP contribution >= 0.6 is 11.6 Å². The van der Waals surface area contributed by atoms with Crippen molar-refractivity contribution in [3.63, 3.8) is 0 Å². The standard InChI is InChI=1S/C24H20ClN3O3/c1-30-22(29)15-26-14-16-7-12-20(21(25)13-16)23-27-24(31-28-23)19-10-8-18(9-11-19)17-5-3-2-4-6-17/h2-13,26H,14-15H2,1H3. The molecule has 31 heavy (non-hydrogen) atoms. The second-order valence-electron chi connectivity index (χ2n) is 6.86. The van der Waals surface area contributed by atoms with E-state index in [9.17, 15) is 4.79 Å². The molecule has 4 aromatic rings. The van der Waals surface area contributed by atoms with E-state index in [1.54, 1.807) is 0 Å². The summed E-state index contributed by atoms with van der Waals surface area (Å²) >= 11 is 6.44. The summed E-state index contributed by atoms with van der Waals surface area (Å²) in [6.07, 6.45) is 0. The first-order chi connectivity index (χ1) is 15.1. The highest BCUT2D eigenvalue weighted by molar-refractivity contribution is 6.33. The predicted molar refractivity (Wildman–Crippen MR) is 119 cm³/mol. The summed E-state index contributed by atoms with van der Waals surface area (Å²) < 4.78 is 10.1. The molecule has 0 aliphatic rings. The molecule has 6 nitrogen and oxygen atoms in total. The van der Waals surface area contributed by atoms with Gasteiger partial charge in [0.2, 0.25) is 5.82 Å². The molecule has 0 saturated carbocycles. The van der Waals surface area contributed by atoms with Gasteiger partial charge in [0.25, 0.3) is 5.89 Å². The second-order valence-corrected chi connectivity index (χ2v) is 7.27. The molecule has 0 saturated heterocycles. The lowest BCUT2D eigenvalue weighted by molar-refractivity contribution is -0.139. The van der Waals surface area contributed by atoms with E-state index in [2.05, 4.69) is 32.3 Å². The molecule has 156 valence electrons. The van der Waals surface area contributed by atoms with Crippen molar-refractivity contribution in [2.45, 2.75) is 6.54 Å². The Balaban J connectivity index is 1.48. The number of rotatable bonds is 7. The number of hydrogen-bond donors (Lipinski definition) is 1. The number of ether oxygens (including phenoxy) is 1. The van der Waals surface area contributed by atoms with E-state index < -0.39 is 0 Å². The fraction of sp³-hybridized carbons (Fsp3) is 0.125. The van der Waals surface area contributed by atoms with Crippen LogP contribution in [0.3, 0.4) is 0 Å². The molecule has 0 aliphatic carbocycles. The summed E-state index contributed by atoms with van der Waals surface area (Å²) in [5, 5.41) is 7.58. The van der Waals surface area contributed by atoms with Gasteiger partial charge in [-0.2, -0.15) is 4.98 Å². The van der Waals surface area contributed by atoms with Crippen molar-refractivity contribution in [2.24, 2.45) is 0 Å². The van der Waals surface area contributed by atoms with E-state index in [0.717, 1.165) is 22.3 Å². The minimum Gasteiger partial charge on any atom is -0.468 e. The van der Waals surface area contributed by atoms with Crippen molar-refractivity contribution < 1.29 is 14.1 Å². The third-order valence-corrected chi connectivity index (χ3v) is 5.08. The van der Waals surface area contributed by atoms with Gasteiger partial charge in [-0.05, 0) is 41.0 Å². The summed E-state index contributed by atoms with van der Waals surface area (Å²) in [6.45, 7) is 0.619. The summed E-state index contributed by atoms with van der Waals surface area (Å²) in [6, 6.07) is 23.7. The SMILES string of the molecule is COC(=O)CNCc1ccc(-c2noc(-c3ccc(-c4ccccc4)cc3)n2)c(Cl)c1. The molecule has 0 fully saturated rings. The number of hydrogen-bond acceptors (Lipinski definition) is 6. The Morgan fingerprint density at radius 2 is 1.71 bits per heavy atom. The normalized spacial score (nSPS) is 10.8. The van der Waals surface area contributed by atoms with Crippen molar-refractivity contribution >= 4 is 17.6 Å². The van der Waals surface area contributed by atoms with E-state index in [1.807, 2.05) is 60.7 Å². The number of carbonyl (C=O) groups excluding carboxylic acids is 1. The lowest BCUT2D eigenvalue weighted by Gasteiger charge is -2.06. The average molecular weight is 434 g/mol. The van der Waals surface area contributed by atoms with Crippen molar-refractivity contribution in [1.82, 2.24) is 15.5 Å². The Bertz CT molecular complexity index is 1170. The minimum absolute atomic E-state index is 0.132. The Kier molecular flexibility index (Phi) is 6.40. The maximum Gasteiger partial charge on any atom is 0.319 e. The molecule has 1 heterocycles. The van der Waals surface area contributed by atoms with Crippen LogP contribution in [0.2, 0.25) is 5.02 Å². The van der Waals surface area contributed by atoms with Gasteiger partial charge in [0.05, 0.1) is 18.7 Å². The zero-order valence-electron chi connectivity index (χ0n) is 16.8. The van der Waals surface area contributed by atoms with Gasteiger partial charge in [0.1, 0.15) is 0 Å². The number of carbonyl (C=O) groups is 1. The predicted octanol–water partition coefficient (Wildman–Crippen LogP) is 4.99. The summed E-state index contributed by atoms with van der Waals surface area (Å²) in [5.74, 6) is 0.523.